The number of carbonyl (C=O) groups is 1. The van der Waals surface area contributed by atoms with Crippen molar-refractivity contribution in [2.75, 3.05) is 0 Å². The number of carbonyl (C=O) groups excluding carboxylic acids is 1. The van der Waals surface area contributed by atoms with Crippen LogP contribution in [0, 0.1) is 27.7 Å². The van der Waals surface area contributed by atoms with Crippen LogP contribution in [0.2, 0.25) is 0 Å². The van der Waals surface area contributed by atoms with Crippen LogP contribution in [-0.2, 0) is 6.54 Å². The second kappa shape index (κ2) is 6.95. The molecule has 1 aromatic carbocycles. The first kappa shape index (κ1) is 17.6. The lowest BCUT2D eigenvalue weighted by atomic mass is 10.1. The molecule has 7 heteroatoms. The van der Waals surface area contributed by atoms with E-state index in [2.05, 4.69) is 20.5 Å². The maximum absolute atomic E-state index is 12.7. The van der Waals surface area contributed by atoms with Crippen molar-refractivity contribution in [1.82, 2.24) is 25.1 Å². The summed E-state index contributed by atoms with van der Waals surface area (Å²) in [6.45, 7) is 7.61. The molecule has 0 radical (unpaired) electrons. The number of nitrogens with one attached hydrogen (secondary N) is 2. The Bertz CT molecular complexity index is 1030. The molecule has 0 spiro atoms. The van der Waals surface area contributed by atoms with Crippen LogP contribution in [0.25, 0.3) is 5.69 Å². The number of benzene rings is 1. The van der Waals surface area contributed by atoms with Crippen LogP contribution in [0.1, 0.15) is 38.6 Å². The highest BCUT2D eigenvalue weighted by molar-refractivity contribution is 5.96. The maximum atomic E-state index is 12.7. The summed E-state index contributed by atoms with van der Waals surface area (Å²) in [6.07, 6.45) is 1.62. The number of hydrogen-bond acceptors (Lipinski definition) is 4. The number of aromatic amines is 1. The molecule has 0 aliphatic heterocycles. The number of aryl methyl sites for hydroxylation is 3. The van der Waals surface area contributed by atoms with Gasteiger partial charge in [0, 0.05) is 23.4 Å². The number of rotatable bonds is 4. The number of aromatic nitrogens is 4. The van der Waals surface area contributed by atoms with Gasteiger partial charge in [-0.05, 0) is 57.0 Å². The first-order valence-electron chi connectivity index (χ1n) is 8.32. The molecule has 0 aliphatic rings. The van der Waals surface area contributed by atoms with Crippen molar-refractivity contribution in [2.24, 2.45) is 0 Å². The van der Waals surface area contributed by atoms with Gasteiger partial charge in [-0.3, -0.25) is 14.2 Å². The van der Waals surface area contributed by atoms with Crippen LogP contribution < -0.4 is 10.9 Å². The Morgan fingerprint density at radius 3 is 2.65 bits per heavy atom. The highest BCUT2D eigenvalue weighted by Crippen LogP contribution is 2.19. The molecule has 0 atom stereocenters. The van der Waals surface area contributed by atoms with E-state index in [1.54, 1.807) is 12.4 Å². The fourth-order valence-corrected chi connectivity index (χ4v) is 3.02. The molecule has 3 rings (SSSR count). The number of H-pyrrole nitrogens is 1. The summed E-state index contributed by atoms with van der Waals surface area (Å²) < 4.78 is 1.83. The summed E-state index contributed by atoms with van der Waals surface area (Å²) >= 11 is 0. The van der Waals surface area contributed by atoms with Crippen molar-refractivity contribution in [3.05, 3.63) is 74.7 Å². The third-order valence-electron chi connectivity index (χ3n) is 4.45. The summed E-state index contributed by atoms with van der Waals surface area (Å²) in [7, 11) is 0. The molecule has 3 aromatic rings. The fraction of sp³-hybridized carbons (Fsp3) is 0.263. The number of amides is 1. The van der Waals surface area contributed by atoms with Crippen LogP contribution in [-0.4, -0.2) is 25.7 Å². The van der Waals surface area contributed by atoms with Gasteiger partial charge in [-0.1, -0.05) is 6.07 Å². The largest absolute Gasteiger partial charge is 0.348 e. The predicted octanol–water partition coefficient (Wildman–Crippen LogP) is 2.12. The van der Waals surface area contributed by atoms with E-state index in [1.165, 1.54) is 0 Å². The normalized spacial score (nSPS) is 10.8. The average molecular weight is 351 g/mol. The molecule has 1 amide bonds. The lowest BCUT2D eigenvalue weighted by Crippen LogP contribution is -2.28. The summed E-state index contributed by atoms with van der Waals surface area (Å²) in [4.78, 5) is 27.5. The van der Waals surface area contributed by atoms with Crippen LogP contribution >= 0.6 is 0 Å². The van der Waals surface area contributed by atoms with Crippen molar-refractivity contribution in [3.8, 4) is 5.69 Å². The van der Waals surface area contributed by atoms with Gasteiger partial charge < -0.3 is 10.3 Å². The first-order chi connectivity index (χ1) is 12.4. The molecule has 2 N–H and O–H groups in total. The molecule has 2 aromatic heterocycles. The Balaban J connectivity index is 1.86. The van der Waals surface area contributed by atoms with E-state index >= 15 is 0 Å². The highest BCUT2D eigenvalue weighted by Gasteiger charge is 2.15. The minimum atomic E-state index is -0.227. The van der Waals surface area contributed by atoms with Crippen molar-refractivity contribution >= 4 is 5.91 Å². The summed E-state index contributed by atoms with van der Waals surface area (Å²) in [6, 6.07) is 7.39. The third-order valence-corrected chi connectivity index (χ3v) is 4.45. The van der Waals surface area contributed by atoms with Gasteiger partial charge in [0.2, 0.25) is 0 Å². The lowest BCUT2D eigenvalue weighted by molar-refractivity contribution is 0.0950. The number of nitrogens with zero attached hydrogens (tertiary/aromatic N) is 3. The summed E-state index contributed by atoms with van der Waals surface area (Å²) in [5.41, 5.74) is 4.28. The molecular formula is C19H21N5O2. The Labute approximate surface area is 151 Å². The topological polar surface area (TPSA) is 92.7 Å². The molecule has 0 aliphatic carbocycles. The molecule has 0 fully saturated rings. The SMILES string of the molecule is Cc1cc(C)c(CNC(=O)c2cccc(-n3cnnc3C)c2C)c(=O)[nH]1. The van der Waals surface area contributed by atoms with Gasteiger partial charge in [-0.2, -0.15) is 0 Å². The fourth-order valence-electron chi connectivity index (χ4n) is 3.02. The molecule has 0 bridgehead atoms. The van der Waals surface area contributed by atoms with E-state index in [4.69, 9.17) is 0 Å². The van der Waals surface area contributed by atoms with Crippen molar-refractivity contribution < 1.29 is 4.79 Å². The molecule has 134 valence electrons. The minimum Gasteiger partial charge on any atom is -0.348 e. The Kier molecular flexibility index (Phi) is 4.71. The number of pyridine rings is 1. The first-order valence-corrected chi connectivity index (χ1v) is 8.32. The zero-order chi connectivity index (χ0) is 18.8. The number of hydrogen-bond donors (Lipinski definition) is 2. The molecule has 0 saturated heterocycles. The van der Waals surface area contributed by atoms with Gasteiger partial charge in [0.05, 0.1) is 5.69 Å². The van der Waals surface area contributed by atoms with E-state index in [1.807, 2.05) is 50.5 Å². The molecule has 26 heavy (non-hydrogen) atoms. The van der Waals surface area contributed by atoms with E-state index in [-0.39, 0.29) is 18.0 Å². The smallest absolute Gasteiger partial charge is 0.253 e. The minimum absolute atomic E-state index is 0.173. The third kappa shape index (κ3) is 3.28. The van der Waals surface area contributed by atoms with E-state index in [0.29, 0.717) is 11.1 Å². The zero-order valence-corrected chi connectivity index (χ0v) is 15.3. The Hall–Kier alpha value is -3.22. The van der Waals surface area contributed by atoms with Gasteiger partial charge in [0.1, 0.15) is 12.2 Å². The van der Waals surface area contributed by atoms with E-state index in [9.17, 15) is 9.59 Å². The molecule has 7 nitrogen and oxygen atoms in total. The van der Waals surface area contributed by atoms with Crippen molar-refractivity contribution in [2.45, 2.75) is 34.2 Å². The Morgan fingerprint density at radius 1 is 1.23 bits per heavy atom. The second-order valence-corrected chi connectivity index (χ2v) is 6.32. The predicted molar refractivity (Wildman–Crippen MR) is 98.5 cm³/mol. The Morgan fingerprint density at radius 2 is 2.00 bits per heavy atom. The summed E-state index contributed by atoms with van der Waals surface area (Å²) in [5, 5.41) is 10.7. The van der Waals surface area contributed by atoms with Crippen molar-refractivity contribution in [3.63, 3.8) is 0 Å². The van der Waals surface area contributed by atoms with E-state index in [0.717, 1.165) is 28.3 Å². The second-order valence-electron chi connectivity index (χ2n) is 6.32. The van der Waals surface area contributed by atoms with Crippen LogP contribution in [0.4, 0.5) is 0 Å². The van der Waals surface area contributed by atoms with Crippen LogP contribution in [0.5, 0.6) is 0 Å². The van der Waals surface area contributed by atoms with Gasteiger partial charge in [-0.15, -0.1) is 10.2 Å². The van der Waals surface area contributed by atoms with Gasteiger partial charge in [-0.25, -0.2) is 0 Å². The standard InChI is InChI=1S/C19H21N5O2/c1-11-8-12(2)22-19(26)16(11)9-20-18(25)15-6-5-7-17(13(15)3)24-10-21-23-14(24)4/h5-8,10H,9H2,1-4H3,(H,20,25)(H,22,26). The molecular weight excluding hydrogens is 330 g/mol. The van der Waals surface area contributed by atoms with Gasteiger partial charge >= 0.3 is 0 Å². The van der Waals surface area contributed by atoms with Gasteiger partial charge in [0.15, 0.2) is 0 Å². The quantitative estimate of drug-likeness (QED) is 0.753. The summed E-state index contributed by atoms with van der Waals surface area (Å²) in [5.74, 6) is 0.516. The van der Waals surface area contributed by atoms with Crippen LogP contribution in [0.3, 0.4) is 0 Å². The van der Waals surface area contributed by atoms with E-state index < -0.39 is 0 Å². The monoisotopic (exact) mass is 351 g/mol. The van der Waals surface area contributed by atoms with Gasteiger partial charge in [0.25, 0.3) is 11.5 Å². The molecule has 0 saturated carbocycles. The lowest BCUT2D eigenvalue weighted by Gasteiger charge is -2.13. The average Bonchev–Trinajstić information content (AvgIpc) is 2.99. The highest BCUT2D eigenvalue weighted by atomic mass is 16.1. The molecule has 2 heterocycles. The maximum Gasteiger partial charge on any atom is 0.253 e. The molecule has 0 unspecified atom stereocenters. The van der Waals surface area contributed by atoms with Crippen LogP contribution in [0.15, 0.2) is 35.4 Å². The zero-order valence-electron chi connectivity index (χ0n) is 15.3. The van der Waals surface area contributed by atoms with Crippen molar-refractivity contribution in [1.29, 1.82) is 0 Å².